The topological polar surface area (TPSA) is 61.4 Å². The average Bonchev–Trinajstić information content (AvgIpc) is 2.56. The molecule has 0 aliphatic heterocycles. The smallest absolute Gasteiger partial charge is 0.394 e. The van der Waals surface area contributed by atoms with Crippen LogP contribution in [0.5, 0.6) is 0 Å². The molecule has 2 aromatic carbocycles. The molecule has 3 N–H and O–H groups in total. The van der Waals surface area contributed by atoms with Gasteiger partial charge in [0.2, 0.25) is 0 Å². The largest absolute Gasteiger partial charge is 0.416 e. The fourth-order valence-electron chi connectivity index (χ4n) is 2.16. The van der Waals surface area contributed by atoms with Crippen molar-refractivity contribution in [2.45, 2.75) is 18.6 Å². The molecule has 25 heavy (non-hydrogen) atoms. The molecule has 0 spiro atoms. The summed E-state index contributed by atoms with van der Waals surface area (Å²) in [7, 11) is 0. The fourth-order valence-corrected chi connectivity index (χ4v) is 2.29. The van der Waals surface area contributed by atoms with Crippen molar-refractivity contribution in [3.63, 3.8) is 0 Å². The first-order valence-electron chi connectivity index (χ1n) is 7.38. The molecule has 0 aromatic heterocycles. The molecule has 0 heterocycles. The summed E-state index contributed by atoms with van der Waals surface area (Å²) in [4.78, 5) is 11.9. The second-order valence-electron chi connectivity index (χ2n) is 5.38. The number of aliphatic hydroxyl groups excluding tert-OH is 1. The molecule has 8 heteroatoms. The van der Waals surface area contributed by atoms with Gasteiger partial charge in [-0.25, -0.2) is 4.79 Å². The van der Waals surface area contributed by atoms with Crippen LogP contribution in [-0.2, 0) is 12.6 Å². The fraction of sp³-hybridized carbons (Fsp3) is 0.235. The van der Waals surface area contributed by atoms with E-state index in [1.165, 1.54) is 12.1 Å². The molecule has 0 saturated heterocycles. The number of aliphatic hydroxyl groups is 1. The highest BCUT2D eigenvalue weighted by Gasteiger charge is 2.30. The minimum Gasteiger partial charge on any atom is -0.394 e. The first-order valence-corrected chi connectivity index (χ1v) is 7.76. The van der Waals surface area contributed by atoms with E-state index in [0.717, 1.165) is 12.1 Å². The monoisotopic (exact) mass is 372 g/mol. The lowest BCUT2D eigenvalue weighted by molar-refractivity contribution is -0.137. The number of carbonyl (C=O) groups is 1. The second-order valence-corrected chi connectivity index (χ2v) is 5.82. The predicted octanol–water partition coefficient (Wildman–Crippen LogP) is 4.08. The number of nitrogens with one attached hydrogen (secondary N) is 2. The zero-order chi connectivity index (χ0) is 18.4. The first-order chi connectivity index (χ1) is 11.8. The Hall–Kier alpha value is -2.25. The minimum atomic E-state index is -4.40. The van der Waals surface area contributed by atoms with Crippen LogP contribution in [0.4, 0.5) is 23.7 Å². The number of urea groups is 1. The molecule has 0 fully saturated rings. The van der Waals surface area contributed by atoms with Crippen molar-refractivity contribution in [2.24, 2.45) is 0 Å². The molecule has 4 nitrogen and oxygen atoms in total. The van der Waals surface area contributed by atoms with Gasteiger partial charge in [-0.3, -0.25) is 0 Å². The van der Waals surface area contributed by atoms with Crippen LogP contribution >= 0.6 is 11.6 Å². The Morgan fingerprint density at radius 1 is 1.08 bits per heavy atom. The van der Waals surface area contributed by atoms with Crippen molar-refractivity contribution in [1.29, 1.82) is 0 Å². The lowest BCUT2D eigenvalue weighted by Gasteiger charge is -2.17. The Kier molecular flexibility index (Phi) is 6.27. The van der Waals surface area contributed by atoms with E-state index in [1.54, 1.807) is 24.3 Å². The maximum Gasteiger partial charge on any atom is 0.416 e. The van der Waals surface area contributed by atoms with E-state index in [9.17, 15) is 23.1 Å². The summed E-state index contributed by atoms with van der Waals surface area (Å²) < 4.78 is 37.6. The van der Waals surface area contributed by atoms with Gasteiger partial charge in [-0.05, 0) is 48.4 Å². The molecule has 0 aliphatic rings. The van der Waals surface area contributed by atoms with Crippen LogP contribution in [0.25, 0.3) is 0 Å². The summed E-state index contributed by atoms with van der Waals surface area (Å²) in [5.41, 5.74) is 0.345. The standard InChI is InChI=1S/C17H16ClF3N2O2/c18-13-5-7-14(8-6-13)22-16(25)23-15(10-24)9-11-1-3-12(4-2-11)17(19,20)21/h1-8,15,24H,9-10H2,(H2,22,23,25). The van der Waals surface area contributed by atoms with Crippen molar-refractivity contribution >= 4 is 23.3 Å². The third kappa shape index (κ3) is 5.95. The summed E-state index contributed by atoms with van der Waals surface area (Å²) in [6.45, 7) is -0.352. The van der Waals surface area contributed by atoms with Gasteiger partial charge < -0.3 is 15.7 Å². The van der Waals surface area contributed by atoms with E-state index in [-0.39, 0.29) is 13.0 Å². The molecule has 1 unspecified atom stereocenters. The normalized spacial score (nSPS) is 12.5. The minimum absolute atomic E-state index is 0.197. The van der Waals surface area contributed by atoms with Crippen molar-refractivity contribution in [2.75, 3.05) is 11.9 Å². The number of amides is 2. The van der Waals surface area contributed by atoms with Crippen molar-refractivity contribution in [3.8, 4) is 0 Å². The second kappa shape index (κ2) is 8.22. The average molecular weight is 373 g/mol. The van der Waals surface area contributed by atoms with Crippen LogP contribution in [0.2, 0.25) is 5.02 Å². The molecule has 0 bridgehead atoms. The predicted molar refractivity (Wildman–Crippen MR) is 89.6 cm³/mol. The van der Waals surface area contributed by atoms with Crippen LogP contribution in [0.1, 0.15) is 11.1 Å². The Morgan fingerprint density at radius 2 is 1.68 bits per heavy atom. The molecule has 0 saturated carbocycles. The van der Waals surface area contributed by atoms with Crippen molar-refractivity contribution in [3.05, 3.63) is 64.7 Å². The molecule has 0 aliphatic carbocycles. The highest BCUT2D eigenvalue weighted by Crippen LogP contribution is 2.29. The third-order valence-corrected chi connectivity index (χ3v) is 3.67. The first kappa shape index (κ1) is 19.1. The molecule has 1 atom stereocenters. The maximum absolute atomic E-state index is 12.5. The van der Waals surface area contributed by atoms with Crippen molar-refractivity contribution < 1.29 is 23.1 Å². The van der Waals surface area contributed by atoms with Crippen LogP contribution in [0.3, 0.4) is 0 Å². The van der Waals surface area contributed by atoms with Gasteiger partial charge in [-0.15, -0.1) is 0 Å². The maximum atomic E-state index is 12.5. The van der Waals surface area contributed by atoms with Crippen LogP contribution in [0, 0.1) is 0 Å². The van der Waals surface area contributed by atoms with Crippen molar-refractivity contribution in [1.82, 2.24) is 5.32 Å². The zero-order valence-corrected chi connectivity index (χ0v) is 13.7. The lowest BCUT2D eigenvalue weighted by Crippen LogP contribution is -2.41. The zero-order valence-electron chi connectivity index (χ0n) is 13.0. The number of anilines is 1. The van der Waals surface area contributed by atoms with Gasteiger partial charge >= 0.3 is 12.2 Å². The van der Waals surface area contributed by atoms with Crippen LogP contribution in [0.15, 0.2) is 48.5 Å². The molecular formula is C17H16ClF3N2O2. The van der Waals surface area contributed by atoms with Crippen LogP contribution < -0.4 is 10.6 Å². The summed E-state index contributed by atoms with van der Waals surface area (Å²) in [5.74, 6) is 0. The van der Waals surface area contributed by atoms with Gasteiger partial charge in [0.15, 0.2) is 0 Å². The van der Waals surface area contributed by atoms with Gasteiger partial charge in [0.1, 0.15) is 0 Å². The van der Waals surface area contributed by atoms with E-state index in [1.807, 2.05) is 0 Å². The van der Waals surface area contributed by atoms with E-state index in [0.29, 0.717) is 16.3 Å². The molecular weight excluding hydrogens is 357 g/mol. The number of carbonyl (C=O) groups excluding carboxylic acids is 1. The number of hydrogen-bond acceptors (Lipinski definition) is 2. The third-order valence-electron chi connectivity index (χ3n) is 3.42. The highest BCUT2D eigenvalue weighted by molar-refractivity contribution is 6.30. The van der Waals surface area contributed by atoms with E-state index >= 15 is 0 Å². The van der Waals surface area contributed by atoms with Gasteiger partial charge in [-0.1, -0.05) is 23.7 Å². The quantitative estimate of drug-likeness (QED) is 0.740. The molecule has 2 rings (SSSR count). The number of alkyl halides is 3. The van der Waals surface area contributed by atoms with Gasteiger partial charge in [-0.2, -0.15) is 13.2 Å². The number of hydrogen-bond donors (Lipinski definition) is 3. The summed E-state index contributed by atoms with van der Waals surface area (Å²) in [5, 5.41) is 15.1. The van der Waals surface area contributed by atoms with Gasteiger partial charge in [0, 0.05) is 10.7 Å². The lowest BCUT2D eigenvalue weighted by atomic mass is 10.0. The number of rotatable bonds is 5. The molecule has 0 radical (unpaired) electrons. The van der Waals surface area contributed by atoms with E-state index in [2.05, 4.69) is 10.6 Å². The number of benzene rings is 2. The molecule has 2 aromatic rings. The molecule has 134 valence electrons. The Balaban J connectivity index is 1.93. The molecule has 2 amide bonds. The number of halogens is 4. The Labute approximate surface area is 147 Å². The van der Waals surface area contributed by atoms with Gasteiger partial charge in [0.25, 0.3) is 0 Å². The SMILES string of the molecule is O=C(Nc1ccc(Cl)cc1)NC(CO)Cc1ccc(C(F)(F)F)cc1. The Morgan fingerprint density at radius 3 is 2.20 bits per heavy atom. The Bertz CT molecular complexity index is 703. The van der Waals surface area contributed by atoms with E-state index in [4.69, 9.17) is 11.6 Å². The summed E-state index contributed by atoms with van der Waals surface area (Å²) >= 11 is 5.75. The highest BCUT2D eigenvalue weighted by atomic mass is 35.5. The summed E-state index contributed by atoms with van der Waals surface area (Å²) in [6.07, 6.45) is -4.20. The van der Waals surface area contributed by atoms with Crippen LogP contribution in [-0.4, -0.2) is 23.8 Å². The van der Waals surface area contributed by atoms with Gasteiger partial charge in [0.05, 0.1) is 18.2 Å². The summed E-state index contributed by atoms with van der Waals surface area (Å²) in [6, 6.07) is 9.88. The van der Waals surface area contributed by atoms with E-state index < -0.39 is 23.8 Å².